The second kappa shape index (κ2) is 6.42. The van der Waals surface area contributed by atoms with Gasteiger partial charge in [0.25, 0.3) is 0 Å². The molecule has 0 spiro atoms. The van der Waals surface area contributed by atoms with Crippen molar-refractivity contribution >= 4 is 17.3 Å². The van der Waals surface area contributed by atoms with Crippen LogP contribution in [0.2, 0.25) is 0 Å². The van der Waals surface area contributed by atoms with Crippen molar-refractivity contribution in [1.82, 2.24) is 19.7 Å². The van der Waals surface area contributed by atoms with Crippen LogP contribution in [0.1, 0.15) is 16.5 Å². The molecule has 128 valence electrons. The van der Waals surface area contributed by atoms with Crippen molar-refractivity contribution in [2.45, 2.75) is 32.6 Å². The molecular formula is C18H18N4O2S. The van der Waals surface area contributed by atoms with Gasteiger partial charge in [-0.05, 0) is 29.5 Å². The number of carboxylic acid groups (broad SMARTS) is 1. The first-order chi connectivity index (χ1) is 12.1. The molecule has 3 aromatic rings. The van der Waals surface area contributed by atoms with Crippen molar-refractivity contribution in [1.29, 1.82) is 0 Å². The van der Waals surface area contributed by atoms with E-state index >= 15 is 0 Å². The molecule has 6 nitrogen and oxygen atoms in total. The maximum atomic E-state index is 11.7. The van der Waals surface area contributed by atoms with E-state index in [1.54, 1.807) is 11.3 Å². The number of aliphatic carboxylic acids is 1. The minimum absolute atomic E-state index is 0.389. The zero-order valence-corrected chi connectivity index (χ0v) is 14.6. The van der Waals surface area contributed by atoms with Gasteiger partial charge in [-0.2, -0.15) is 0 Å². The summed E-state index contributed by atoms with van der Waals surface area (Å²) in [5.74, 6) is 0.789. The summed E-state index contributed by atoms with van der Waals surface area (Å²) in [5, 5.41) is 20.0. The molecule has 0 bridgehead atoms. The number of fused-ring (bicyclic) bond motifs is 1. The number of aromatic nitrogens is 3. The molecule has 1 atom stereocenters. The van der Waals surface area contributed by atoms with Gasteiger partial charge in [0, 0.05) is 11.4 Å². The first-order valence-electron chi connectivity index (χ1n) is 8.10. The van der Waals surface area contributed by atoms with Crippen LogP contribution in [0.25, 0.3) is 11.1 Å². The summed E-state index contributed by atoms with van der Waals surface area (Å²) in [6.07, 6.45) is 0. The normalized spacial score (nSPS) is 17.4. The molecule has 1 unspecified atom stereocenters. The highest BCUT2D eigenvalue weighted by Crippen LogP contribution is 2.28. The van der Waals surface area contributed by atoms with Crippen LogP contribution in [0.3, 0.4) is 0 Å². The van der Waals surface area contributed by atoms with Gasteiger partial charge in [0.15, 0.2) is 0 Å². The quantitative estimate of drug-likeness (QED) is 0.780. The molecule has 4 rings (SSSR count). The Bertz CT molecular complexity index is 903. The average Bonchev–Trinajstić information content (AvgIpc) is 3.22. The van der Waals surface area contributed by atoms with Crippen molar-refractivity contribution in [3.05, 3.63) is 58.3 Å². The maximum absolute atomic E-state index is 11.7. The Kier molecular flexibility index (Phi) is 4.10. The number of aryl methyl sites for hydroxylation is 1. The molecule has 1 N–H and O–H groups in total. The Balaban J connectivity index is 1.57. The lowest BCUT2D eigenvalue weighted by Gasteiger charge is -2.33. The molecular weight excluding hydrogens is 336 g/mol. The Labute approximate surface area is 149 Å². The van der Waals surface area contributed by atoms with Gasteiger partial charge in [-0.3, -0.25) is 9.69 Å². The van der Waals surface area contributed by atoms with Crippen LogP contribution in [-0.4, -0.2) is 36.8 Å². The summed E-state index contributed by atoms with van der Waals surface area (Å²) in [6.45, 7) is 3.34. The lowest BCUT2D eigenvalue weighted by molar-refractivity contribution is -0.145. The van der Waals surface area contributed by atoms with E-state index in [1.165, 1.54) is 11.1 Å². The molecule has 0 amide bonds. The zero-order valence-electron chi connectivity index (χ0n) is 13.8. The third-order valence-electron chi connectivity index (χ3n) is 4.56. The molecule has 1 aliphatic rings. The van der Waals surface area contributed by atoms with Crippen molar-refractivity contribution in [3.63, 3.8) is 0 Å². The number of thiophene rings is 1. The van der Waals surface area contributed by atoms with E-state index in [1.807, 2.05) is 34.6 Å². The predicted molar refractivity (Wildman–Crippen MR) is 95.2 cm³/mol. The first kappa shape index (κ1) is 16.0. The fraction of sp³-hybridized carbons (Fsp3) is 0.278. The number of carboxylic acids is 1. The number of hydrogen-bond donors (Lipinski definition) is 1. The van der Waals surface area contributed by atoms with Gasteiger partial charge in [0.05, 0.1) is 13.1 Å². The van der Waals surface area contributed by atoms with E-state index in [9.17, 15) is 9.90 Å². The standard InChI is InChI=1S/C18H18N4O2S/c1-12-19-20-17-10-21(16(18(23)24)9-22(12)17)8-15-7-14(11-25-15)13-5-3-2-4-6-13/h2-7,11,16H,8-10H2,1H3,(H,23,24). The maximum Gasteiger partial charge on any atom is 0.322 e. The Morgan fingerprint density at radius 1 is 1.28 bits per heavy atom. The topological polar surface area (TPSA) is 71.2 Å². The van der Waals surface area contributed by atoms with Gasteiger partial charge < -0.3 is 9.67 Å². The van der Waals surface area contributed by atoms with E-state index in [4.69, 9.17) is 0 Å². The summed E-state index contributed by atoms with van der Waals surface area (Å²) < 4.78 is 1.90. The molecule has 0 saturated heterocycles. The number of rotatable bonds is 4. The fourth-order valence-corrected chi connectivity index (χ4v) is 4.12. The third kappa shape index (κ3) is 3.08. The fourth-order valence-electron chi connectivity index (χ4n) is 3.21. The highest BCUT2D eigenvalue weighted by Gasteiger charge is 2.33. The van der Waals surface area contributed by atoms with Crippen LogP contribution in [0, 0.1) is 6.92 Å². The van der Waals surface area contributed by atoms with Crippen molar-refractivity contribution in [2.75, 3.05) is 0 Å². The molecule has 0 fully saturated rings. The van der Waals surface area contributed by atoms with Crippen LogP contribution in [0.4, 0.5) is 0 Å². The number of benzene rings is 1. The van der Waals surface area contributed by atoms with Gasteiger partial charge in [0.2, 0.25) is 0 Å². The van der Waals surface area contributed by atoms with Crippen molar-refractivity contribution < 1.29 is 9.90 Å². The van der Waals surface area contributed by atoms with Crippen LogP contribution < -0.4 is 0 Å². The van der Waals surface area contributed by atoms with Crippen LogP contribution in [-0.2, 0) is 24.4 Å². The number of hydrogen-bond acceptors (Lipinski definition) is 5. The lowest BCUT2D eigenvalue weighted by atomic mass is 10.1. The summed E-state index contributed by atoms with van der Waals surface area (Å²) in [7, 11) is 0. The number of nitrogens with zero attached hydrogens (tertiary/aromatic N) is 4. The van der Waals surface area contributed by atoms with Gasteiger partial charge in [-0.25, -0.2) is 0 Å². The molecule has 1 aromatic carbocycles. The molecule has 1 aliphatic heterocycles. The van der Waals surface area contributed by atoms with Gasteiger partial charge in [-0.15, -0.1) is 21.5 Å². The van der Waals surface area contributed by atoms with Crippen LogP contribution in [0.5, 0.6) is 0 Å². The van der Waals surface area contributed by atoms with Crippen LogP contribution in [0.15, 0.2) is 41.8 Å². The zero-order chi connectivity index (χ0) is 17.4. The van der Waals surface area contributed by atoms with Crippen molar-refractivity contribution in [3.8, 4) is 11.1 Å². The Morgan fingerprint density at radius 3 is 2.84 bits per heavy atom. The van der Waals surface area contributed by atoms with Crippen LogP contribution >= 0.6 is 11.3 Å². The van der Waals surface area contributed by atoms with E-state index < -0.39 is 12.0 Å². The molecule has 0 radical (unpaired) electrons. The van der Waals surface area contributed by atoms with E-state index in [0.717, 1.165) is 16.5 Å². The minimum atomic E-state index is -0.807. The Morgan fingerprint density at radius 2 is 2.08 bits per heavy atom. The molecule has 2 aromatic heterocycles. The van der Waals surface area contributed by atoms with E-state index in [-0.39, 0.29) is 0 Å². The summed E-state index contributed by atoms with van der Waals surface area (Å²) in [6, 6.07) is 11.8. The Hall–Kier alpha value is -2.51. The second-order valence-electron chi connectivity index (χ2n) is 6.20. The highest BCUT2D eigenvalue weighted by atomic mass is 32.1. The molecule has 7 heteroatoms. The van der Waals surface area contributed by atoms with E-state index in [2.05, 4.69) is 33.8 Å². The smallest absolute Gasteiger partial charge is 0.322 e. The second-order valence-corrected chi connectivity index (χ2v) is 7.20. The number of carbonyl (C=O) groups is 1. The molecule has 0 saturated carbocycles. The molecule has 25 heavy (non-hydrogen) atoms. The molecule has 3 heterocycles. The molecule has 0 aliphatic carbocycles. The largest absolute Gasteiger partial charge is 0.480 e. The van der Waals surface area contributed by atoms with Crippen molar-refractivity contribution in [2.24, 2.45) is 0 Å². The average molecular weight is 354 g/mol. The summed E-state index contributed by atoms with van der Waals surface area (Å²) in [4.78, 5) is 14.8. The third-order valence-corrected chi connectivity index (χ3v) is 5.48. The summed E-state index contributed by atoms with van der Waals surface area (Å²) >= 11 is 1.66. The van der Waals surface area contributed by atoms with Gasteiger partial charge in [-0.1, -0.05) is 30.3 Å². The van der Waals surface area contributed by atoms with Gasteiger partial charge in [0.1, 0.15) is 17.7 Å². The first-order valence-corrected chi connectivity index (χ1v) is 8.98. The minimum Gasteiger partial charge on any atom is -0.480 e. The predicted octanol–water partition coefficient (Wildman–Crippen LogP) is 2.78. The van der Waals surface area contributed by atoms with Gasteiger partial charge >= 0.3 is 5.97 Å². The van der Waals surface area contributed by atoms with E-state index in [0.29, 0.717) is 19.6 Å². The lowest BCUT2D eigenvalue weighted by Crippen LogP contribution is -2.47. The SMILES string of the molecule is Cc1nnc2n1CC(C(=O)O)N(Cc1cc(-c3ccccc3)cs1)C2. The highest BCUT2D eigenvalue weighted by molar-refractivity contribution is 7.10. The summed E-state index contributed by atoms with van der Waals surface area (Å²) in [5.41, 5.74) is 2.34. The monoisotopic (exact) mass is 354 g/mol.